The van der Waals surface area contributed by atoms with Crippen molar-refractivity contribution in [3.05, 3.63) is 82.2 Å². The van der Waals surface area contributed by atoms with E-state index in [-0.39, 0.29) is 36.2 Å². The molecule has 1 aliphatic carbocycles. The molecule has 0 radical (unpaired) electrons. The van der Waals surface area contributed by atoms with Gasteiger partial charge in [-0.05, 0) is 42.7 Å². The van der Waals surface area contributed by atoms with Gasteiger partial charge < -0.3 is 25.2 Å². The molecule has 2 heterocycles. The number of piperidine rings is 1. The number of phenols is 1. The fourth-order valence-corrected chi connectivity index (χ4v) is 5.64. The number of dihydropyridines is 1. The van der Waals surface area contributed by atoms with Gasteiger partial charge in [-0.1, -0.05) is 30.3 Å². The molecule has 8 heteroatoms. The van der Waals surface area contributed by atoms with Crippen LogP contribution < -0.4 is 15.4 Å². The zero-order valence-corrected chi connectivity index (χ0v) is 20.9. The minimum Gasteiger partial charge on any atom is -0.508 e. The summed E-state index contributed by atoms with van der Waals surface area (Å²) in [5.41, 5.74) is 3.77. The molecule has 3 unspecified atom stereocenters. The number of amides is 1. The van der Waals surface area contributed by atoms with Crippen LogP contribution in [0.4, 0.5) is 0 Å². The van der Waals surface area contributed by atoms with E-state index in [9.17, 15) is 19.5 Å². The van der Waals surface area contributed by atoms with E-state index in [2.05, 4.69) is 10.6 Å². The zero-order valence-electron chi connectivity index (χ0n) is 20.9. The Hall–Kier alpha value is -4.07. The predicted molar refractivity (Wildman–Crippen MR) is 136 cm³/mol. The molecule has 192 valence electrons. The molecule has 1 amide bonds. The molecule has 3 N–H and O–H groups in total. The highest BCUT2D eigenvalue weighted by molar-refractivity contribution is 6.04. The van der Waals surface area contributed by atoms with E-state index in [1.807, 2.05) is 24.3 Å². The number of carbonyl (C=O) groups is 3. The number of hydrogen-bond acceptors (Lipinski definition) is 7. The van der Waals surface area contributed by atoms with Crippen LogP contribution in [0, 0.1) is 0 Å². The zero-order chi connectivity index (χ0) is 26.1. The number of hydrogen-bond donors (Lipinski definition) is 3. The van der Waals surface area contributed by atoms with Gasteiger partial charge in [-0.15, -0.1) is 0 Å². The second-order valence-corrected chi connectivity index (χ2v) is 9.72. The Morgan fingerprint density at radius 1 is 1.05 bits per heavy atom. The van der Waals surface area contributed by atoms with Gasteiger partial charge in [0.2, 0.25) is 5.91 Å². The largest absolute Gasteiger partial charge is 0.508 e. The summed E-state index contributed by atoms with van der Waals surface area (Å²) in [4.78, 5) is 39.1. The van der Waals surface area contributed by atoms with Crippen molar-refractivity contribution in [1.29, 1.82) is 0 Å². The van der Waals surface area contributed by atoms with E-state index in [4.69, 9.17) is 9.47 Å². The molecule has 5 rings (SSSR count). The smallest absolute Gasteiger partial charge is 0.337 e. The molecule has 2 aromatic carbocycles. The third-order valence-corrected chi connectivity index (χ3v) is 7.31. The summed E-state index contributed by atoms with van der Waals surface area (Å²) in [5.74, 6) is -0.797. The van der Waals surface area contributed by atoms with Gasteiger partial charge in [0.15, 0.2) is 5.78 Å². The molecule has 37 heavy (non-hydrogen) atoms. The van der Waals surface area contributed by atoms with Crippen molar-refractivity contribution in [2.45, 2.75) is 50.5 Å². The van der Waals surface area contributed by atoms with Crippen LogP contribution in [0.15, 0.2) is 71.1 Å². The van der Waals surface area contributed by atoms with Crippen molar-refractivity contribution in [2.24, 2.45) is 0 Å². The number of esters is 1. The number of ketones is 1. The Morgan fingerprint density at radius 2 is 1.86 bits per heavy atom. The van der Waals surface area contributed by atoms with Gasteiger partial charge in [0.1, 0.15) is 17.6 Å². The molecule has 1 fully saturated rings. The van der Waals surface area contributed by atoms with Crippen molar-refractivity contribution < 1.29 is 29.0 Å². The fraction of sp³-hybridized carbons (Fsp3) is 0.345. The van der Waals surface area contributed by atoms with Gasteiger partial charge in [0.05, 0.1) is 19.1 Å². The third kappa shape index (κ3) is 4.83. The number of carbonyl (C=O) groups excluding carboxylic acids is 3. The van der Waals surface area contributed by atoms with Crippen LogP contribution in [0.1, 0.15) is 55.6 Å². The molecule has 0 spiro atoms. The van der Waals surface area contributed by atoms with Crippen LogP contribution in [-0.2, 0) is 19.1 Å². The predicted octanol–water partition coefficient (Wildman–Crippen LogP) is 3.58. The number of para-hydroxylation sites is 1. The lowest BCUT2D eigenvalue weighted by molar-refractivity contribution is -0.147. The maximum Gasteiger partial charge on any atom is 0.337 e. The summed E-state index contributed by atoms with van der Waals surface area (Å²) in [6, 6.07) is 14.3. The highest BCUT2D eigenvalue weighted by Crippen LogP contribution is 2.47. The molecule has 2 aromatic rings. The number of allylic oxidation sites excluding steroid dienone is 3. The average molecular weight is 503 g/mol. The molecule has 0 aromatic heterocycles. The summed E-state index contributed by atoms with van der Waals surface area (Å²) < 4.78 is 11.3. The van der Waals surface area contributed by atoms with Crippen LogP contribution in [0.5, 0.6) is 11.5 Å². The van der Waals surface area contributed by atoms with Crippen molar-refractivity contribution in [2.75, 3.05) is 13.7 Å². The third-order valence-electron chi connectivity index (χ3n) is 7.31. The molecule has 0 saturated carbocycles. The highest BCUT2D eigenvalue weighted by atomic mass is 16.5. The molecule has 3 aliphatic rings. The number of Topliss-reactive ketones (excluding diaryl/α,β-unsaturated/α-hetero) is 1. The molecule has 0 bridgehead atoms. The first kappa shape index (κ1) is 24.6. The van der Waals surface area contributed by atoms with E-state index in [0.717, 1.165) is 17.0 Å². The van der Waals surface area contributed by atoms with Gasteiger partial charge in [-0.2, -0.15) is 0 Å². The maximum atomic E-state index is 13.8. The highest BCUT2D eigenvalue weighted by Gasteiger charge is 2.42. The first-order chi connectivity index (χ1) is 17.9. The van der Waals surface area contributed by atoms with Crippen molar-refractivity contribution >= 4 is 17.7 Å². The maximum absolute atomic E-state index is 13.8. The summed E-state index contributed by atoms with van der Waals surface area (Å²) in [7, 11) is 1.62. The molecule has 2 aliphatic heterocycles. The van der Waals surface area contributed by atoms with Crippen LogP contribution in [-0.4, -0.2) is 42.5 Å². The molecular formula is C29H30N2O6. The molecular weight excluding hydrogens is 472 g/mol. The second-order valence-electron chi connectivity index (χ2n) is 9.72. The minimum absolute atomic E-state index is 0.0441. The number of rotatable bonds is 5. The topological polar surface area (TPSA) is 114 Å². The van der Waals surface area contributed by atoms with E-state index < -0.39 is 18.0 Å². The van der Waals surface area contributed by atoms with Crippen LogP contribution >= 0.6 is 0 Å². The monoisotopic (exact) mass is 502 g/mol. The Bertz CT molecular complexity index is 1330. The van der Waals surface area contributed by atoms with Gasteiger partial charge in [-0.3, -0.25) is 9.59 Å². The molecule has 3 atom stereocenters. The molecule has 1 saturated heterocycles. The van der Waals surface area contributed by atoms with Crippen LogP contribution in [0.3, 0.4) is 0 Å². The first-order valence-corrected chi connectivity index (χ1v) is 12.5. The van der Waals surface area contributed by atoms with Crippen molar-refractivity contribution in [3.8, 4) is 11.5 Å². The molecule has 8 nitrogen and oxygen atoms in total. The standard InChI is InChI=1S/C29H30N2O6/c1-16-26(29(35)37-20-10-11-30-25(34)15-20)27(17-6-5-7-19(32)12-17)28-22(31-16)13-18(14-23(28)33)21-8-3-4-9-24(21)36-2/h3-9,12,18,20,27,31-32H,10-11,13-15H2,1-2H3,(H,30,34). The number of ether oxygens (including phenoxy) is 2. The van der Waals surface area contributed by atoms with Gasteiger partial charge >= 0.3 is 5.97 Å². The van der Waals surface area contributed by atoms with Crippen LogP contribution in [0.25, 0.3) is 0 Å². The SMILES string of the molecule is COc1ccccc1C1CC(=O)C2=C(C1)NC(C)=C(C(=O)OC1CCNC(=O)C1)C2c1cccc(O)c1. The van der Waals surface area contributed by atoms with Crippen LogP contribution in [0.2, 0.25) is 0 Å². The summed E-state index contributed by atoms with van der Waals surface area (Å²) >= 11 is 0. The summed E-state index contributed by atoms with van der Waals surface area (Å²) in [5, 5.41) is 16.3. The lowest BCUT2D eigenvalue weighted by atomic mass is 9.71. The van der Waals surface area contributed by atoms with Gasteiger partial charge in [-0.25, -0.2) is 4.79 Å². The van der Waals surface area contributed by atoms with E-state index in [1.54, 1.807) is 38.3 Å². The Balaban J connectivity index is 1.53. The van der Waals surface area contributed by atoms with E-state index >= 15 is 0 Å². The average Bonchev–Trinajstić information content (AvgIpc) is 2.87. The second kappa shape index (κ2) is 10.1. The van der Waals surface area contributed by atoms with Crippen molar-refractivity contribution in [3.63, 3.8) is 0 Å². The lowest BCUT2D eigenvalue weighted by Gasteiger charge is -2.37. The summed E-state index contributed by atoms with van der Waals surface area (Å²) in [6.07, 6.45) is 0.940. The Labute approximate surface area is 215 Å². The van der Waals surface area contributed by atoms with Gasteiger partial charge in [0.25, 0.3) is 0 Å². The number of phenolic OH excluding ortho intramolecular Hbond substituents is 1. The quantitative estimate of drug-likeness (QED) is 0.536. The Kier molecular flexibility index (Phi) is 6.74. The fourth-order valence-electron chi connectivity index (χ4n) is 5.64. The Morgan fingerprint density at radius 3 is 2.62 bits per heavy atom. The normalized spacial score (nSPS) is 23.7. The van der Waals surface area contributed by atoms with E-state index in [1.165, 1.54) is 0 Å². The first-order valence-electron chi connectivity index (χ1n) is 12.5. The summed E-state index contributed by atoms with van der Waals surface area (Å²) in [6.45, 7) is 2.24. The number of methoxy groups -OCH3 is 1. The number of benzene rings is 2. The number of aromatic hydroxyl groups is 1. The van der Waals surface area contributed by atoms with Crippen molar-refractivity contribution in [1.82, 2.24) is 10.6 Å². The lowest BCUT2D eigenvalue weighted by Crippen LogP contribution is -2.40. The van der Waals surface area contributed by atoms with E-state index in [0.29, 0.717) is 41.8 Å². The minimum atomic E-state index is -0.695. The van der Waals surface area contributed by atoms with Gasteiger partial charge in [0, 0.05) is 48.2 Å². The number of nitrogens with one attached hydrogen (secondary N) is 2.